The molecule has 4 rings (SSSR count). The Morgan fingerprint density at radius 2 is 1.35 bits per heavy atom. The zero-order valence-corrected chi connectivity index (χ0v) is 20.1. The molecule has 0 aromatic heterocycles. The van der Waals surface area contributed by atoms with Crippen molar-refractivity contribution in [3.05, 3.63) is 119 Å². The molecule has 190 valence electrons. The minimum absolute atomic E-state index is 0.0154. The normalized spacial score (nSPS) is 17.7. The van der Waals surface area contributed by atoms with Gasteiger partial charge in [0.05, 0.1) is 12.1 Å². The molecule has 0 bridgehead atoms. The molecule has 3 aromatic carbocycles. The Labute approximate surface area is 212 Å². The second kappa shape index (κ2) is 10.4. The zero-order valence-electron chi connectivity index (χ0n) is 20.1. The summed E-state index contributed by atoms with van der Waals surface area (Å²) in [7, 11) is 0. The minimum atomic E-state index is -5.28. The van der Waals surface area contributed by atoms with Crippen molar-refractivity contribution in [2.45, 2.75) is 38.0 Å². The molecule has 3 aromatic rings. The summed E-state index contributed by atoms with van der Waals surface area (Å²) in [5.41, 5.74) is -3.13. The average Bonchev–Trinajstić information content (AvgIpc) is 3.10. The van der Waals surface area contributed by atoms with E-state index in [9.17, 15) is 27.6 Å². The van der Waals surface area contributed by atoms with E-state index in [0.717, 1.165) is 10.5 Å². The van der Waals surface area contributed by atoms with E-state index in [-0.39, 0.29) is 30.6 Å². The van der Waals surface area contributed by atoms with Crippen LogP contribution in [-0.4, -0.2) is 34.2 Å². The standard InChI is InChI=1S/C29H25F3N2O3/c1-20-25(26(36)23-15-9-4-10-16-23)28(29(30,31)32,27(37)34(20)19-22-13-7-3-8-14-22)33-24(35)18-17-21-11-5-2-6-12-21/h2-16H,17-19H2,1H3,(H,33,35)/t28-/m1/s1. The van der Waals surface area contributed by atoms with Crippen LogP contribution in [0.4, 0.5) is 13.2 Å². The summed E-state index contributed by atoms with van der Waals surface area (Å²) in [4.78, 5) is 41.0. The molecule has 0 radical (unpaired) electrons. The molecule has 5 nitrogen and oxygen atoms in total. The van der Waals surface area contributed by atoms with E-state index in [0.29, 0.717) is 5.56 Å². The van der Waals surface area contributed by atoms with E-state index in [1.54, 1.807) is 66.7 Å². The molecule has 37 heavy (non-hydrogen) atoms. The Hall–Kier alpha value is -4.20. The first kappa shape index (κ1) is 25.9. The molecule has 0 aliphatic carbocycles. The van der Waals surface area contributed by atoms with Gasteiger partial charge in [-0.1, -0.05) is 91.0 Å². The number of hydrogen-bond donors (Lipinski definition) is 1. The fraction of sp³-hybridized carbons (Fsp3) is 0.207. The van der Waals surface area contributed by atoms with Crippen molar-refractivity contribution in [3.8, 4) is 0 Å². The number of aryl methyl sites for hydroxylation is 1. The van der Waals surface area contributed by atoms with Crippen LogP contribution >= 0.6 is 0 Å². The molecular formula is C29H25F3N2O3. The van der Waals surface area contributed by atoms with E-state index in [1.807, 2.05) is 5.32 Å². The summed E-state index contributed by atoms with van der Waals surface area (Å²) in [5, 5.41) is 1.97. The zero-order chi connectivity index (χ0) is 26.6. The number of Topliss-reactive ketones (excluding diaryl/α,β-unsaturated/α-hetero) is 1. The van der Waals surface area contributed by atoms with Gasteiger partial charge >= 0.3 is 6.18 Å². The van der Waals surface area contributed by atoms with Crippen LogP contribution in [0.5, 0.6) is 0 Å². The van der Waals surface area contributed by atoms with Gasteiger partial charge in [0.2, 0.25) is 11.4 Å². The van der Waals surface area contributed by atoms with Crippen molar-refractivity contribution < 1.29 is 27.6 Å². The van der Waals surface area contributed by atoms with Gasteiger partial charge in [-0.25, -0.2) is 0 Å². The van der Waals surface area contributed by atoms with Gasteiger partial charge in [-0.15, -0.1) is 0 Å². The number of ketones is 1. The summed E-state index contributed by atoms with van der Waals surface area (Å²) in [6, 6.07) is 24.7. The number of allylic oxidation sites excluding steroid dienone is 1. The summed E-state index contributed by atoms with van der Waals surface area (Å²) in [6.45, 7) is 1.12. The molecule has 0 saturated carbocycles. The molecule has 2 amide bonds. The van der Waals surface area contributed by atoms with Crippen LogP contribution in [0, 0.1) is 0 Å². The lowest BCUT2D eigenvalue weighted by molar-refractivity contribution is -0.193. The lowest BCUT2D eigenvalue weighted by Crippen LogP contribution is -2.66. The number of halogens is 3. The topological polar surface area (TPSA) is 66.5 Å². The third-order valence-corrected chi connectivity index (χ3v) is 6.39. The molecular weight excluding hydrogens is 481 g/mol. The van der Waals surface area contributed by atoms with Crippen molar-refractivity contribution in [2.75, 3.05) is 0 Å². The Morgan fingerprint density at radius 1 is 0.838 bits per heavy atom. The van der Waals surface area contributed by atoms with E-state index in [4.69, 9.17) is 0 Å². The monoisotopic (exact) mass is 506 g/mol. The second-order valence-electron chi connectivity index (χ2n) is 8.81. The van der Waals surface area contributed by atoms with Crippen LogP contribution in [-0.2, 0) is 22.6 Å². The van der Waals surface area contributed by atoms with E-state index in [2.05, 4.69) is 0 Å². The first-order valence-corrected chi connectivity index (χ1v) is 11.7. The highest BCUT2D eigenvalue weighted by Gasteiger charge is 2.70. The third kappa shape index (κ3) is 5.05. The number of nitrogens with zero attached hydrogens (tertiary/aromatic N) is 1. The fourth-order valence-corrected chi connectivity index (χ4v) is 4.52. The maximum atomic E-state index is 15.0. The summed E-state index contributed by atoms with van der Waals surface area (Å²) in [5.74, 6) is -3.36. The number of rotatable bonds is 8. The van der Waals surface area contributed by atoms with Gasteiger partial charge in [0.25, 0.3) is 5.91 Å². The number of amides is 2. The van der Waals surface area contributed by atoms with E-state index >= 15 is 0 Å². The molecule has 0 unspecified atom stereocenters. The number of carbonyl (C=O) groups excluding carboxylic acids is 3. The first-order valence-electron chi connectivity index (χ1n) is 11.7. The van der Waals surface area contributed by atoms with Gasteiger partial charge in [0.1, 0.15) is 0 Å². The van der Waals surface area contributed by atoms with Crippen LogP contribution in [0.1, 0.15) is 34.8 Å². The maximum Gasteiger partial charge on any atom is 0.425 e. The molecule has 0 spiro atoms. The quantitative estimate of drug-likeness (QED) is 0.425. The second-order valence-corrected chi connectivity index (χ2v) is 8.81. The predicted octanol–water partition coefficient (Wildman–Crippen LogP) is 5.24. The minimum Gasteiger partial charge on any atom is -0.330 e. The van der Waals surface area contributed by atoms with Crippen molar-refractivity contribution in [3.63, 3.8) is 0 Å². The van der Waals surface area contributed by atoms with Gasteiger partial charge in [0, 0.05) is 17.7 Å². The largest absolute Gasteiger partial charge is 0.425 e. The van der Waals surface area contributed by atoms with Gasteiger partial charge in [0.15, 0.2) is 5.78 Å². The van der Waals surface area contributed by atoms with Crippen LogP contribution in [0.3, 0.4) is 0 Å². The lowest BCUT2D eigenvalue weighted by atomic mass is 9.84. The maximum absolute atomic E-state index is 15.0. The third-order valence-electron chi connectivity index (χ3n) is 6.39. The molecule has 1 aliphatic rings. The number of benzene rings is 3. The van der Waals surface area contributed by atoms with E-state index in [1.165, 1.54) is 31.2 Å². The highest BCUT2D eigenvalue weighted by Crippen LogP contribution is 2.46. The van der Waals surface area contributed by atoms with Gasteiger partial charge in [-0.05, 0) is 24.5 Å². The van der Waals surface area contributed by atoms with Gasteiger partial charge in [-0.2, -0.15) is 13.2 Å². The van der Waals surface area contributed by atoms with Crippen molar-refractivity contribution in [1.82, 2.24) is 10.2 Å². The molecule has 0 saturated heterocycles. The Bertz CT molecular complexity index is 1320. The summed E-state index contributed by atoms with van der Waals surface area (Å²) < 4.78 is 44.9. The lowest BCUT2D eigenvalue weighted by Gasteiger charge is -2.33. The Morgan fingerprint density at radius 3 is 1.89 bits per heavy atom. The number of alkyl halides is 3. The number of nitrogens with one attached hydrogen (secondary N) is 1. The SMILES string of the molecule is CC1=C(C(=O)c2ccccc2)[C@](NC(=O)CCc2ccccc2)(C(F)(F)F)C(=O)N1Cc1ccccc1. The molecule has 1 heterocycles. The fourth-order valence-electron chi connectivity index (χ4n) is 4.52. The van der Waals surface area contributed by atoms with Crippen LogP contribution in [0.25, 0.3) is 0 Å². The van der Waals surface area contributed by atoms with Crippen molar-refractivity contribution in [2.24, 2.45) is 0 Å². The molecule has 0 fully saturated rings. The molecule has 1 N–H and O–H groups in total. The average molecular weight is 507 g/mol. The highest BCUT2D eigenvalue weighted by molar-refractivity contribution is 6.19. The van der Waals surface area contributed by atoms with Crippen LogP contribution in [0.2, 0.25) is 0 Å². The van der Waals surface area contributed by atoms with Crippen LogP contribution < -0.4 is 5.32 Å². The molecule has 8 heteroatoms. The number of hydrogen-bond acceptors (Lipinski definition) is 3. The Balaban J connectivity index is 1.77. The summed E-state index contributed by atoms with van der Waals surface area (Å²) >= 11 is 0. The van der Waals surface area contributed by atoms with Gasteiger partial charge in [-0.3, -0.25) is 14.4 Å². The molecule has 1 atom stereocenters. The van der Waals surface area contributed by atoms with Gasteiger partial charge < -0.3 is 10.2 Å². The van der Waals surface area contributed by atoms with Crippen molar-refractivity contribution in [1.29, 1.82) is 0 Å². The molecule has 1 aliphatic heterocycles. The van der Waals surface area contributed by atoms with E-state index < -0.39 is 34.9 Å². The number of carbonyl (C=O) groups is 3. The highest BCUT2D eigenvalue weighted by atomic mass is 19.4. The van der Waals surface area contributed by atoms with Crippen molar-refractivity contribution >= 4 is 17.6 Å². The van der Waals surface area contributed by atoms with Crippen LogP contribution in [0.15, 0.2) is 102 Å². The Kier molecular flexibility index (Phi) is 7.29. The summed E-state index contributed by atoms with van der Waals surface area (Å²) in [6.07, 6.45) is -5.40. The smallest absolute Gasteiger partial charge is 0.330 e. The predicted molar refractivity (Wildman–Crippen MR) is 132 cm³/mol. The first-order chi connectivity index (χ1) is 17.6.